The van der Waals surface area contributed by atoms with Crippen molar-refractivity contribution in [2.75, 3.05) is 0 Å². The molecule has 0 aromatic carbocycles. The van der Waals surface area contributed by atoms with Gasteiger partial charge in [0.1, 0.15) is 11.8 Å². The number of nitrogens with zero attached hydrogens (tertiary/aromatic N) is 3. The van der Waals surface area contributed by atoms with Gasteiger partial charge in [0.05, 0.1) is 5.69 Å². The molecule has 1 radical (unpaired) electrons. The second-order valence-electron chi connectivity index (χ2n) is 2.69. The Morgan fingerprint density at radius 3 is 2.71 bits per heavy atom. The van der Waals surface area contributed by atoms with Crippen LogP contribution in [-0.4, -0.2) is 9.97 Å². The summed E-state index contributed by atoms with van der Waals surface area (Å²) in [4.78, 5) is 8.09. The molecule has 0 aliphatic rings. The maximum atomic E-state index is 8.57. The first kappa shape index (κ1) is 8.39. The minimum absolute atomic E-state index is 0.413. The predicted molar refractivity (Wildman–Crippen MR) is 51.0 cm³/mol. The van der Waals surface area contributed by atoms with Crippen molar-refractivity contribution in [1.82, 2.24) is 9.97 Å². The van der Waals surface area contributed by atoms with Gasteiger partial charge in [-0.1, -0.05) is 6.07 Å². The van der Waals surface area contributed by atoms with E-state index in [2.05, 4.69) is 16.0 Å². The highest BCUT2D eigenvalue weighted by molar-refractivity contribution is 5.57. The van der Waals surface area contributed by atoms with Gasteiger partial charge in [0.25, 0.3) is 0 Å². The van der Waals surface area contributed by atoms with E-state index < -0.39 is 0 Å². The molecular formula is C11H6N3. The molecule has 2 aromatic rings. The Bertz CT molecular complexity index is 454. The van der Waals surface area contributed by atoms with Crippen molar-refractivity contribution >= 4 is 0 Å². The Balaban J connectivity index is 2.40. The number of hydrogen-bond donors (Lipinski definition) is 0. The van der Waals surface area contributed by atoms with Gasteiger partial charge < -0.3 is 0 Å². The molecule has 0 atom stereocenters. The molecule has 14 heavy (non-hydrogen) atoms. The summed E-state index contributed by atoms with van der Waals surface area (Å²) in [5.74, 6) is 0. The van der Waals surface area contributed by atoms with Crippen molar-refractivity contribution in [3.63, 3.8) is 0 Å². The van der Waals surface area contributed by atoms with Crippen LogP contribution in [0.25, 0.3) is 11.3 Å². The minimum atomic E-state index is 0.413. The Kier molecular flexibility index (Phi) is 2.20. The molecule has 0 unspecified atom stereocenters. The third-order valence-electron chi connectivity index (χ3n) is 1.79. The van der Waals surface area contributed by atoms with Crippen LogP contribution in [-0.2, 0) is 0 Å². The third-order valence-corrected chi connectivity index (χ3v) is 1.79. The van der Waals surface area contributed by atoms with Crippen molar-refractivity contribution in [1.29, 1.82) is 5.26 Å². The number of aromatic nitrogens is 2. The van der Waals surface area contributed by atoms with E-state index in [1.54, 1.807) is 24.5 Å². The second-order valence-corrected chi connectivity index (χ2v) is 2.69. The smallest absolute Gasteiger partial charge is 0.140 e. The van der Waals surface area contributed by atoms with E-state index in [1.165, 1.54) is 0 Å². The van der Waals surface area contributed by atoms with Gasteiger partial charge in [-0.2, -0.15) is 5.26 Å². The molecule has 3 heteroatoms. The van der Waals surface area contributed by atoms with E-state index in [0.717, 1.165) is 11.3 Å². The lowest BCUT2D eigenvalue weighted by Crippen LogP contribution is -1.85. The van der Waals surface area contributed by atoms with Gasteiger partial charge in [-0.3, -0.25) is 4.98 Å². The van der Waals surface area contributed by atoms with Crippen LogP contribution in [0.2, 0.25) is 0 Å². The third kappa shape index (κ3) is 1.59. The molecular weight excluding hydrogens is 174 g/mol. The van der Waals surface area contributed by atoms with Crippen LogP contribution in [0.15, 0.2) is 36.7 Å². The Morgan fingerprint density at radius 1 is 1.21 bits per heavy atom. The lowest BCUT2D eigenvalue weighted by atomic mass is 10.2. The maximum absolute atomic E-state index is 8.57. The quantitative estimate of drug-likeness (QED) is 0.672. The number of nitriles is 1. The van der Waals surface area contributed by atoms with E-state index in [4.69, 9.17) is 5.26 Å². The molecule has 2 heterocycles. The van der Waals surface area contributed by atoms with Crippen LogP contribution in [0.4, 0.5) is 0 Å². The lowest BCUT2D eigenvalue weighted by molar-refractivity contribution is 1.24. The molecule has 0 fully saturated rings. The van der Waals surface area contributed by atoms with Crippen molar-refractivity contribution < 1.29 is 0 Å². The molecule has 65 valence electrons. The van der Waals surface area contributed by atoms with Crippen LogP contribution in [0, 0.1) is 17.4 Å². The molecule has 0 aliphatic heterocycles. The average Bonchev–Trinajstić information content (AvgIpc) is 2.30. The number of pyridine rings is 2. The summed E-state index contributed by atoms with van der Waals surface area (Å²) < 4.78 is 0. The van der Waals surface area contributed by atoms with Gasteiger partial charge in [-0.05, 0) is 18.2 Å². The monoisotopic (exact) mass is 180 g/mol. The SMILES string of the molecule is N#Cc1ccc(-c2cc[c]cn2)cn1. The zero-order valence-electron chi connectivity index (χ0n) is 7.31. The summed E-state index contributed by atoms with van der Waals surface area (Å²) in [5.41, 5.74) is 2.15. The zero-order chi connectivity index (χ0) is 9.80. The molecule has 0 spiro atoms. The standard InChI is InChI=1S/C11H6N3/c12-7-10-5-4-9(8-14-10)11-3-1-2-6-13-11/h1,3-6,8H. The van der Waals surface area contributed by atoms with Gasteiger partial charge in [-0.25, -0.2) is 4.98 Å². The average molecular weight is 180 g/mol. The first-order chi connectivity index (χ1) is 6.90. The molecule has 2 aromatic heterocycles. The van der Waals surface area contributed by atoms with Gasteiger partial charge in [0, 0.05) is 24.0 Å². The summed E-state index contributed by atoms with van der Waals surface area (Å²) in [6.07, 6.45) is 3.24. The largest absolute Gasteiger partial charge is 0.256 e. The molecule has 0 saturated heterocycles. The fourth-order valence-electron chi connectivity index (χ4n) is 1.10. The molecule has 0 bridgehead atoms. The highest BCUT2D eigenvalue weighted by atomic mass is 14.7. The number of rotatable bonds is 1. The van der Waals surface area contributed by atoms with E-state index in [1.807, 2.05) is 18.2 Å². The van der Waals surface area contributed by atoms with Crippen LogP contribution < -0.4 is 0 Å². The van der Waals surface area contributed by atoms with Crippen molar-refractivity contribution in [3.8, 4) is 17.3 Å². The Hall–Kier alpha value is -2.21. The van der Waals surface area contributed by atoms with Crippen molar-refractivity contribution in [2.24, 2.45) is 0 Å². The Labute approximate surface area is 81.7 Å². The fraction of sp³-hybridized carbons (Fsp3) is 0. The molecule has 0 amide bonds. The summed E-state index contributed by atoms with van der Waals surface area (Å²) in [6.45, 7) is 0. The zero-order valence-corrected chi connectivity index (χ0v) is 7.31. The summed E-state index contributed by atoms with van der Waals surface area (Å²) in [6, 6.07) is 12.0. The highest BCUT2D eigenvalue weighted by Gasteiger charge is 1.98. The topological polar surface area (TPSA) is 49.6 Å². The first-order valence-electron chi connectivity index (χ1n) is 4.09. The first-order valence-corrected chi connectivity index (χ1v) is 4.09. The molecule has 2 rings (SSSR count). The normalized spacial score (nSPS) is 9.36. The van der Waals surface area contributed by atoms with Gasteiger partial charge in [-0.15, -0.1) is 0 Å². The Morgan fingerprint density at radius 2 is 2.14 bits per heavy atom. The van der Waals surface area contributed by atoms with Crippen LogP contribution in [0.5, 0.6) is 0 Å². The second kappa shape index (κ2) is 3.67. The predicted octanol–water partition coefficient (Wildman–Crippen LogP) is 1.82. The summed E-state index contributed by atoms with van der Waals surface area (Å²) in [5, 5.41) is 8.57. The van der Waals surface area contributed by atoms with Gasteiger partial charge in [0.15, 0.2) is 0 Å². The van der Waals surface area contributed by atoms with E-state index in [9.17, 15) is 0 Å². The van der Waals surface area contributed by atoms with E-state index in [-0.39, 0.29) is 0 Å². The molecule has 0 N–H and O–H groups in total. The molecule has 0 aliphatic carbocycles. The van der Waals surface area contributed by atoms with Crippen molar-refractivity contribution in [2.45, 2.75) is 0 Å². The van der Waals surface area contributed by atoms with Gasteiger partial charge >= 0.3 is 0 Å². The summed E-state index contributed by atoms with van der Waals surface area (Å²) >= 11 is 0. The van der Waals surface area contributed by atoms with Crippen LogP contribution in [0.1, 0.15) is 5.69 Å². The highest BCUT2D eigenvalue weighted by Crippen LogP contribution is 2.14. The summed E-state index contributed by atoms with van der Waals surface area (Å²) in [7, 11) is 0. The van der Waals surface area contributed by atoms with E-state index in [0.29, 0.717) is 5.69 Å². The lowest BCUT2D eigenvalue weighted by Gasteiger charge is -1.97. The van der Waals surface area contributed by atoms with Crippen molar-refractivity contribution in [3.05, 3.63) is 48.4 Å². The number of hydrogen-bond acceptors (Lipinski definition) is 3. The minimum Gasteiger partial charge on any atom is -0.256 e. The van der Waals surface area contributed by atoms with E-state index >= 15 is 0 Å². The van der Waals surface area contributed by atoms with Crippen LogP contribution >= 0.6 is 0 Å². The van der Waals surface area contributed by atoms with Crippen LogP contribution in [0.3, 0.4) is 0 Å². The van der Waals surface area contributed by atoms with Gasteiger partial charge in [0.2, 0.25) is 0 Å². The molecule has 3 nitrogen and oxygen atoms in total. The molecule has 0 saturated carbocycles. The maximum Gasteiger partial charge on any atom is 0.140 e. The fourth-order valence-corrected chi connectivity index (χ4v) is 1.10.